The van der Waals surface area contributed by atoms with E-state index in [0.717, 1.165) is 17.5 Å². The van der Waals surface area contributed by atoms with Crippen LogP contribution in [-0.2, 0) is 18.8 Å². The maximum absolute atomic E-state index is 11.4. The fourth-order valence-corrected chi connectivity index (χ4v) is 3.48. The van der Waals surface area contributed by atoms with Gasteiger partial charge in [-0.25, -0.2) is 0 Å². The van der Waals surface area contributed by atoms with E-state index in [2.05, 4.69) is 13.8 Å². The minimum absolute atomic E-state index is 0.391. The Bertz CT molecular complexity index is 923. The van der Waals surface area contributed by atoms with Gasteiger partial charge in [-0.3, -0.25) is 5.73 Å². The summed E-state index contributed by atoms with van der Waals surface area (Å²) in [6.45, 7) is 4.65. The van der Waals surface area contributed by atoms with Crippen LogP contribution < -0.4 is 10.5 Å². The fourth-order valence-electron chi connectivity index (χ4n) is 3.31. The highest BCUT2D eigenvalue weighted by Crippen LogP contribution is 2.35. The third kappa shape index (κ3) is 4.74. The number of aliphatic hydroxyl groups is 1. The molecule has 3 N–H and O–H groups in total. The molecule has 0 saturated carbocycles. The zero-order valence-corrected chi connectivity index (χ0v) is 17.0. The standard InChI is InChI=1S/C24H26ClNO2/c1-17(2)14-19-12-13-20(25)15-22(19)24(26,27)21-10-6-7-11-23(21)28-16-18-8-4-3-5-9-18/h3-13,15,17,27H,14,16,26H2,1-2H3. The van der Waals surface area contributed by atoms with Gasteiger partial charge in [0.25, 0.3) is 0 Å². The van der Waals surface area contributed by atoms with Crippen LogP contribution in [0.25, 0.3) is 0 Å². The first-order valence-corrected chi connectivity index (χ1v) is 9.82. The lowest BCUT2D eigenvalue weighted by Crippen LogP contribution is -2.39. The van der Waals surface area contributed by atoms with Crippen molar-refractivity contribution in [3.63, 3.8) is 0 Å². The van der Waals surface area contributed by atoms with Gasteiger partial charge in [0.15, 0.2) is 5.72 Å². The maximum atomic E-state index is 11.4. The van der Waals surface area contributed by atoms with Crippen LogP contribution in [0.1, 0.15) is 36.1 Å². The molecule has 0 aliphatic rings. The van der Waals surface area contributed by atoms with Crippen LogP contribution in [0.5, 0.6) is 5.75 Å². The van der Waals surface area contributed by atoms with Crippen LogP contribution in [0.15, 0.2) is 72.8 Å². The second-order valence-electron chi connectivity index (χ2n) is 7.44. The lowest BCUT2D eigenvalue weighted by molar-refractivity contribution is 0.0828. The predicted octanol–water partition coefficient (Wildman–Crippen LogP) is 5.27. The summed E-state index contributed by atoms with van der Waals surface area (Å²) < 4.78 is 6.01. The molecule has 3 nitrogen and oxygen atoms in total. The zero-order chi connectivity index (χ0) is 20.1. The van der Waals surface area contributed by atoms with Crippen LogP contribution in [0.3, 0.4) is 0 Å². The zero-order valence-electron chi connectivity index (χ0n) is 16.2. The van der Waals surface area contributed by atoms with Gasteiger partial charge in [-0.05, 0) is 41.7 Å². The summed E-state index contributed by atoms with van der Waals surface area (Å²) in [5.41, 5.74) is 7.90. The molecule has 28 heavy (non-hydrogen) atoms. The molecule has 3 aromatic carbocycles. The summed E-state index contributed by atoms with van der Waals surface area (Å²) in [5.74, 6) is 0.965. The summed E-state index contributed by atoms with van der Waals surface area (Å²) in [6.07, 6.45) is 0.791. The van der Waals surface area contributed by atoms with E-state index in [9.17, 15) is 5.11 Å². The van der Waals surface area contributed by atoms with E-state index in [0.29, 0.717) is 34.4 Å². The number of hydrogen-bond donors (Lipinski definition) is 2. The molecule has 3 rings (SSSR count). The first kappa shape index (κ1) is 20.4. The van der Waals surface area contributed by atoms with Crippen molar-refractivity contribution < 1.29 is 9.84 Å². The molecule has 0 heterocycles. The van der Waals surface area contributed by atoms with E-state index in [1.165, 1.54) is 0 Å². The van der Waals surface area contributed by atoms with Crippen molar-refractivity contribution in [3.8, 4) is 5.75 Å². The average Bonchev–Trinajstić information content (AvgIpc) is 2.68. The van der Waals surface area contributed by atoms with E-state index in [4.69, 9.17) is 22.1 Å². The first-order chi connectivity index (χ1) is 13.4. The molecule has 0 saturated heterocycles. The van der Waals surface area contributed by atoms with Crippen LogP contribution in [0, 0.1) is 5.92 Å². The Morgan fingerprint density at radius 3 is 2.36 bits per heavy atom. The summed E-state index contributed by atoms with van der Waals surface area (Å²) in [4.78, 5) is 0. The lowest BCUT2D eigenvalue weighted by Gasteiger charge is -2.29. The molecule has 0 aromatic heterocycles. The molecular weight excluding hydrogens is 370 g/mol. The van der Waals surface area contributed by atoms with Crippen LogP contribution in [0.4, 0.5) is 0 Å². The number of halogens is 1. The summed E-state index contributed by atoms with van der Waals surface area (Å²) in [6, 6.07) is 22.7. The third-order valence-electron chi connectivity index (χ3n) is 4.65. The molecular formula is C24H26ClNO2. The fraction of sp³-hybridized carbons (Fsp3) is 0.250. The highest BCUT2D eigenvalue weighted by molar-refractivity contribution is 6.30. The quantitative estimate of drug-likeness (QED) is 0.536. The minimum Gasteiger partial charge on any atom is -0.488 e. The van der Waals surface area contributed by atoms with Crippen molar-refractivity contribution in [2.45, 2.75) is 32.6 Å². The number of ether oxygens (including phenoxy) is 1. The normalized spacial score (nSPS) is 13.4. The van der Waals surface area contributed by atoms with E-state index in [1.807, 2.05) is 60.7 Å². The Morgan fingerprint density at radius 2 is 1.64 bits per heavy atom. The van der Waals surface area contributed by atoms with Crippen molar-refractivity contribution in [2.24, 2.45) is 11.7 Å². The molecule has 0 fully saturated rings. The van der Waals surface area contributed by atoms with Gasteiger partial charge in [-0.1, -0.05) is 80.0 Å². The van der Waals surface area contributed by atoms with Gasteiger partial charge in [0, 0.05) is 16.1 Å². The van der Waals surface area contributed by atoms with Crippen molar-refractivity contribution in [2.75, 3.05) is 0 Å². The van der Waals surface area contributed by atoms with Crippen molar-refractivity contribution >= 4 is 11.6 Å². The number of rotatable bonds is 7. The Balaban J connectivity index is 1.97. The van der Waals surface area contributed by atoms with E-state index in [-0.39, 0.29) is 0 Å². The molecule has 0 radical (unpaired) electrons. The summed E-state index contributed by atoms with van der Waals surface area (Å²) >= 11 is 6.23. The van der Waals surface area contributed by atoms with Crippen molar-refractivity contribution in [1.29, 1.82) is 0 Å². The Hall–Kier alpha value is -2.33. The van der Waals surface area contributed by atoms with Crippen LogP contribution >= 0.6 is 11.6 Å². The first-order valence-electron chi connectivity index (χ1n) is 9.44. The van der Waals surface area contributed by atoms with Gasteiger partial charge in [0.05, 0.1) is 0 Å². The molecule has 4 heteroatoms. The Morgan fingerprint density at radius 1 is 0.964 bits per heavy atom. The molecule has 3 aromatic rings. The monoisotopic (exact) mass is 395 g/mol. The average molecular weight is 396 g/mol. The van der Waals surface area contributed by atoms with Gasteiger partial charge in [0.2, 0.25) is 0 Å². The van der Waals surface area contributed by atoms with Crippen molar-refractivity contribution in [1.82, 2.24) is 0 Å². The number of nitrogens with two attached hydrogens (primary N) is 1. The van der Waals surface area contributed by atoms with Gasteiger partial charge < -0.3 is 9.84 Å². The van der Waals surface area contributed by atoms with Crippen molar-refractivity contribution in [3.05, 3.63) is 100 Å². The molecule has 1 atom stereocenters. The molecule has 0 aliphatic carbocycles. The highest BCUT2D eigenvalue weighted by Gasteiger charge is 2.32. The van der Waals surface area contributed by atoms with Gasteiger partial charge in [-0.2, -0.15) is 0 Å². The molecule has 146 valence electrons. The summed E-state index contributed by atoms with van der Waals surface area (Å²) in [7, 11) is 0. The Kier molecular flexibility index (Phi) is 6.40. The second-order valence-corrected chi connectivity index (χ2v) is 7.87. The topological polar surface area (TPSA) is 55.5 Å². The Labute approximate surface area is 171 Å². The number of para-hydroxylation sites is 1. The van der Waals surface area contributed by atoms with Gasteiger partial charge >= 0.3 is 0 Å². The number of benzene rings is 3. The molecule has 0 bridgehead atoms. The van der Waals surface area contributed by atoms with E-state index < -0.39 is 5.72 Å². The largest absolute Gasteiger partial charge is 0.488 e. The van der Waals surface area contributed by atoms with E-state index >= 15 is 0 Å². The second kappa shape index (κ2) is 8.78. The van der Waals surface area contributed by atoms with Gasteiger partial charge in [-0.15, -0.1) is 0 Å². The third-order valence-corrected chi connectivity index (χ3v) is 4.88. The molecule has 1 unspecified atom stereocenters. The minimum atomic E-state index is -1.72. The molecule has 0 aliphatic heterocycles. The SMILES string of the molecule is CC(C)Cc1ccc(Cl)cc1C(N)(O)c1ccccc1OCc1ccccc1. The summed E-state index contributed by atoms with van der Waals surface area (Å²) in [5, 5.41) is 11.9. The predicted molar refractivity (Wildman–Crippen MR) is 114 cm³/mol. The number of hydrogen-bond acceptors (Lipinski definition) is 3. The smallest absolute Gasteiger partial charge is 0.169 e. The highest BCUT2D eigenvalue weighted by atomic mass is 35.5. The van der Waals surface area contributed by atoms with Crippen LogP contribution in [0.2, 0.25) is 5.02 Å². The lowest BCUT2D eigenvalue weighted by atomic mass is 9.87. The van der Waals surface area contributed by atoms with E-state index in [1.54, 1.807) is 12.1 Å². The van der Waals surface area contributed by atoms with Crippen LogP contribution in [-0.4, -0.2) is 5.11 Å². The maximum Gasteiger partial charge on any atom is 0.169 e. The molecule has 0 amide bonds. The molecule has 0 spiro atoms. The van der Waals surface area contributed by atoms with Gasteiger partial charge in [0.1, 0.15) is 12.4 Å².